The number of anilines is 1. The van der Waals surface area contributed by atoms with E-state index in [2.05, 4.69) is 21.2 Å². The summed E-state index contributed by atoms with van der Waals surface area (Å²) in [6.45, 7) is 2.00. The van der Waals surface area contributed by atoms with Crippen LogP contribution in [0.5, 0.6) is 0 Å². The minimum absolute atomic E-state index is 0.477. The molecule has 0 saturated heterocycles. The van der Waals surface area contributed by atoms with E-state index >= 15 is 0 Å². The SMILES string of the molecule is Cc1ccc(NC(C(N)=O)c2ccc(Br)cc2Cl)cc1. The van der Waals surface area contributed by atoms with Crippen LogP contribution in [0.4, 0.5) is 5.69 Å². The Hall–Kier alpha value is -1.52. The van der Waals surface area contributed by atoms with Gasteiger partial charge in [0.15, 0.2) is 0 Å². The van der Waals surface area contributed by atoms with Crippen molar-refractivity contribution in [3.05, 3.63) is 63.1 Å². The van der Waals surface area contributed by atoms with Crippen LogP contribution in [0.15, 0.2) is 46.9 Å². The van der Waals surface area contributed by atoms with Gasteiger partial charge in [0.05, 0.1) is 0 Å². The minimum atomic E-state index is -0.668. The first kappa shape index (κ1) is 14.9. The molecule has 0 heterocycles. The molecule has 0 saturated carbocycles. The third-order valence-electron chi connectivity index (χ3n) is 2.92. The van der Waals surface area contributed by atoms with Crippen LogP contribution >= 0.6 is 27.5 Å². The standard InChI is InChI=1S/C15H14BrClN2O/c1-9-2-5-11(6-3-9)19-14(15(18)20)12-7-4-10(16)8-13(12)17/h2-8,14,19H,1H3,(H2,18,20). The molecule has 0 aliphatic heterocycles. The molecule has 0 fully saturated rings. The molecule has 0 spiro atoms. The summed E-state index contributed by atoms with van der Waals surface area (Å²) in [5, 5.41) is 3.60. The number of nitrogens with one attached hydrogen (secondary N) is 1. The molecule has 0 aliphatic carbocycles. The number of benzene rings is 2. The Kier molecular flexibility index (Phi) is 4.68. The van der Waals surface area contributed by atoms with Gasteiger partial charge in [-0.15, -0.1) is 0 Å². The van der Waals surface area contributed by atoms with Crippen molar-refractivity contribution in [1.29, 1.82) is 0 Å². The van der Waals surface area contributed by atoms with Crippen molar-refractivity contribution < 1.29 is 4.79 Å². The number of amides is 1. The van der Waals surface area contributed by atoms with Gasteiger partial charge in [-0.25, -0.2) is 0 Å². The second kappa shape index (κ2) is 6.29. The molecule has 3 N–H and O–H groups in total. The van der Waals surface area contributed by atoms with Gasteiger partial charge in [-0.2, -0.15) is 0 Å². The normalized spacial score (nSPS) is 11.9. The summed E-state index contributed by atoms with van der Waals surface area (Å²) in [5.74, 6) is -0.477. The molecule has 1 amide bonds. The van der Waals surface area contributed by atoms with Gasteiger partial charge >= 0.3 is 0 Å². The summed E-state index contributed by atoms with van der Waals surface area (Å²) in [6.07, 6.45) is 0. The van der Waals surface area contributed by atoms with Gasteiger partial charge in [-0.05, 0) is 31.2 Å². The Morgan fingerprint density at radius 2 is 1.90 bits per heavy atom. The second-order valence-corrected chi connectivity index (χ2v) is 5.83. The number of aryl methyl sites for hydroxylation is 1. The first-order chi connectivity index (χ1) is 9.47. The van der Waals surface area contributed by atoms with Crippen LogP contribution in [-0.2, 0) is 4.79 Å². The van der Waals surface area contributed by atoms with Crippen molar-refractivity contribution in [3.8, 4) is 0 Å². The van der Waals surface area contributed by atoms with E-state index in [-0.39, 0.29) is 0 Å². The van der Waals surface area contributed by atoms with E-state index in [1.54, 1.807) is 12.1 Å². The molecule has 0 aromatic heterocycles. The molecule has 2 aromatic carbocycles. The number of carbonyl (C=O) groups is 1. The minimum Gasteiger partial charge on any atom is -0.370 e. The zero-order valence-corrected chi connectivity index (χ0v) is 13.2. The molecular formula is C15H14BrClN2O. The highest BCUT2D eigenvalue weighted by Crippen LogP contribution is 2.28. The maximum Gasteiger partial charge on any atom is 0.244 e. The van der Waals surface area contributed by atoms with Crippen molar-refractivity contribution >= 4 is 39.1 Å². The van der Waals surface area contributed by atoms with E-state index in [1.807, 2.05) is 37.3 Å². The molecular weight excluding hydrogens is 340 g/mol. The van der Waals surface area contributed by atoms with Gasteiger partial charge in [0, 0.05) is 20.7 Å². The predicted molar refractivity (Wildman–Crippen MR) is 85.9 cm³/mol. The highest BCUT2D eigenvalue weighted by molar-refractivity contribution is 9.10. The first-order valence-corrected chi connectivity index (χ1v) is 7.22. The van der Waals surface area contributed by atoms with Crippen molar-refractivity contribution in [2.45, 2.75) is 13.0 Å². The average molecular weight is 354 g/mol. The van der Waals surface area contributed by atoms with Crippen LogP contribution in [0.1, 0.15) is 17.2 Å². The van der Waals surface area contributed by atoms with Crippen molar-refractivity contribution in [2.75, 3.05) is 5.32 Å². The van der Waals surface area contributed by atoms with E-state index in [1.165, 1.54) is 0 Å². The molecule has 104 valence electrons. The predicted octanol–water partition coefficient (Wildman–Crippen LogP) is 4.05. The maximum atomic E-state index is 11.7. The number of carbonyl (C=O) groups excluding carboxylic acids is 1. The molecule has 0 aliphatic rings. The molecule has 2 aromatic rings. The molecule has 0 bridgehead atoms. The Bertz CT molecular complexity index is 628. The number of halogens is 2. The smallest absolute Gasteiger partial charge is 0.244 e. The quantitative estimate of drug-likeness (QED) is 0.871. The Morgan fingerprint density at radius 3 is 2.45 bits per heavy atom. The van der Waals surface area contributed by atoms with Gasteiger partial charge in [0.2, 0.25) is 5.91 Å². The van der Waals surface area contributed by atoms with Crippen LogP contribution in [0.25, 0.3) is 0 Å². The summed E-state index contributed by atoms with van der Waals surface area (Å²) >= 11 is 9.52. The zero-order chi connectivity index (χ0) is 14.7. The van der Waals surface area contributed by atoms with Crippen LogP contribution in [0.2, 0.25) is 5.02 Å². The number of nitrogens with two attached hydrogens (primary N) is 1. The molecule has 5 heteroatoms. The van der Waals surface area contributed by atoms with Crippen LogP contribution in [0.3, 0.4) is 0 Å². The third kappa shape index (κ3) is 3.52. The number of hydrogen-bond donors (Lipinski definition) is 2. The van der Waals surface area contributed by atoms with E-state index in [4.69, 9.17) is 17.3 Å². The van der Waals surface area contributed by atoms with Gasteiger partial charge in [-0.1, -0.05) is 51.3 Å². The van der Waals surface area contributed by atoms with E-state index in [0.717, 1.165) is 15.7 Å². The maximum absolute atomic E-state index is 11.7. The van der Waals surface area contributed by atoms with Crippen LogP contribution < -0.4 is 11.1 Å². The summed E-state index contributed by atoms with van der Waals surface area (Å²) in [7, 11) is 0. The van der Waals surface area contributed by atoms with E-state index in [9.17, 15) is 4.79 Å². The lowest BCUT2D eigenvalue weighted by atomic mass is 10.1. The van der Waals surface area contributed by atoms with E-state index < -0.39 is 11.9 Å². The lowest BCUT2D eigenvalue weighted by molar-refractivity contribution is -0.118. The molecule has 2 rings (SSSR count). The van der Waals surface area contributed by atoms with Crippen molar-refractivity contribution in [3.63, 3.8) is 0 Å². The molecule has 3 nitrogen and oxygen atoms in total. The fourth-order valence-corrected chi connectivity index (χ4v) is 2.64. The van der Waals surface area contributed by atoms with Gasteiger partial charge in [-0.3, -0.25) is 4.79 Å². The summed E-state index contributed by atoms with van der Waals surface area (Å²) in [4.78, 5) is 11.7. The largest absolute Gasteiger partial charge is 0.370 e. The van der Waals surface area contributed by atoms with Gasteiger partial charge < -0.3 is 11.1 Å². The van der Waals surface area contributed by atoms with Gasteiger partial charge in [0.1, 0.15) is 6.04 Å². The first-order valence-electron chi connectivity index (χ1n) is 6.05. The fourth-order valence-electron chi connectivity index (χ4n) is 1.85. The Labute approximate surface area is 131 Å². The number of primary amides is 1. The molecule has 20 heavy (non-hydrogen) atoms. The summed E-state index contributed by atoms with van der Waals surface area (Å²) < 4.78 is 0.852. The van der Waals surface area contributed by atoms with Crippen LogP contribution in [-0.4, -0.2) is 5.91 Å². The van der Waals surface area contributed by atoms with E-state index in [0.29, 0.717) is 10.6 Å². The number of rotatable bonds is 4. The van der Waals surface area contributed by atoms with Gasteiger partial charge in [0.25, 0.3) is 0 Å². The fraction of sp³-hybridized carbons (Fsp3) is 0.133. The molecule has 1 unspecified atom stereocenters. The second-order valence-electron chi connectivity index (χ2n) is 4.51. The Balaban J connectivity index is 2.31. The number of hydrogen-bond acceptors (Lipinski definition) is 2. The van der Waals surface area contributed by atoms with Crippen LogP contribution in [0, 0.1) is 6.92 Å². The highest BCUT2D eigenvalue weighted by atomic mass is 79.9. The Morgan fingerprint density at radius 1 is 1.25 bits per heavy atom. The average Bonchev–Trinajstić information content (AvgIpc) is 2.39. The molecule has 1 atom stereocenters. The lowest BCUT2D eigenvalue weighted by Crippen LogP contribution is -2.28. The topological polar surface area (TPSA) is 55.1 Å². The zero-order valence-electron chi connectivity index (χ0n) is 10.9. The third-order valence-corrected chi connectivity index (χ3v) is 3.74. The highest BCUT2D eigenvalue weighted by Gasteiger charge is 2.20. The lowest BCUT2D eigenvalue weighted by Gasteiger charge is -2.18. The molecule has 0 radical (unpaired) electrons. The summed E-state index contributed by atoms with van der Waals surface area (Å²) in [5.41, 5.74) is 8.10. The van der Waals surface area contributed by atoms with Crippen molar-refractivity contribution in [1.82, 2.24) is 0 Å². The van der Waals surface area contributed by atoms with Crippen molar-refractivity contribution in [2.24, 2.45) is 5.73 Å². The summed E-state index contributed by atoms with van der Waals surface area (Å²) in [6, 6.07) is 12.4. The monoisotopic (exact) mass is 352 g/mol.